The number of hydrogen-bond donors (Lipinski definition) is 0. The van der Waals surface area contributed by atoms with Crippen LogP contribution in [0.2, 0.25) is 0 Å². The summed E-state index contributed by atoms with van der Waals surface area (Å²) < 4.78 is 4.63. The van der Waals surface area contributed by atoms with Crippen LogP contribution < -0.4 is 0 Å². The second-order valence-corrected chi connectivity index (χ2v) is 16.0. The van der Waals surface area contributed by atoms with Crippen molar-refractivity contribution < 1.29 is 0 Å². The maximum atomic E-state index is 5.33. The number of hydrogen-bond acceptors (Lipinski definition) is 3. The molecule has 0 aliphatic rings. The first-order valence-corrected chi connectivity index (χ1v) is 21.0. The molecule has 0 aliphatic heterocycles. The molecular weight excluding hydrogens is 755 g/mol. The molecule has 0 radical (unpaired) electrons. The van der Waals surface area contributed by atoms with Crippen molar-refractivity contribution in [2.45, 2.75) is 0 Å². The third-order valence-corrected chi connectivity index (χ3v) is 12.6. The Balaban J connectivity index is 1.02. The highest BCUT2D eigenvalue weighted by molar-refractivity contribution is 6.13. The zero-order valence-electron chi connectivity index (χ0n) is 33.4. The van der Waals surface area contributed by atoms with Gasteiger partial charge in [0.15, 0.2) is 11.6 Å². The molecule has 10 aromatic carbocycles. The van der Waals surface area contributed by atoms with Gasteiger partial charge >= 0.3 is 0 Å². The summed E-state index contributed by atoms with van der Waals surface area (Å²) in [6.07, 6.45) is 0. The molecule has 0 unspecified atom stereocenters. The Kier molecular flexibility index (Phi) is 7.54. The Morgan fingerprint density at radius 3 is 1.24 bits per heavy atom. The summed E-state index contributed by atoms with van der Waals surface area (Å²) in [5.41, 5.74) is 9.86. The molecular formula is C57H35N5. The molecule has 0 saturated carbocycles. The van der Waals surface area contributed by atoms with Crippen LogP contribution in [0.1, 0.15) is 0 Å². The predicted octanol–water partition coefficient (Wildman–Crippen LogP) is 14.5. The Hall–Kier alpha value is -8.41. The first kappa shape index (κ1) is 34.5. The van der Waals surface area contributed by atoms with Gasteiger partial charge in [-0.1, -0.05) is 170 Å². The van der Waals surface area contributed by atoms with Gasteiger partial charge in [-0.15, -0.1) is 0 Å². The minimum absolute atomic E-state index is 0.576. The summed E-state index contributed by atoms with van der Waals surface area (Å²) >= 11 is 0. The second kappa shape index (κ2) is 13.6. The predicted molar refractivity (Wildman–Crippen MR) is 257 cm³/mol. The Morgan fingerprint density at radius 2 is 0.677 bits per heavy atom. The minimum atomic E-state index is 0.576. The van der Waals surface area contributed by atoms with Crippen molar-refractivity contribution >= 4 is 75.9 Å². The summed E-state index contributed by atoms with van der Waals surface area (Å²) in [5.74, 6) is 1.84. The highest BCUT2D eigenvalue weighted by Crippen LogP contribution is 2.40. The van der Waals surface area contributed by atoms with E-state index in [1.54, 1.807) is 0 Å². The van der Waals surface area contributed by atoms with E-state index < -0.39 is 0 Å². The smallest absolute Gasteiger partial charge is 0.238 e. The van der Waals surface area contributed by atoms with Gasteiger partial charge in [-0.25, -0.2) is 4.98 Å². The lowest BCUT2D eigenvalue weighted by molar-refractivity contribution is 0.955. The van der Waals surface area contributed by atoms with E-state index in [2.05, 4.69) is 221 Å². The fourth-order valence-corrected chi connectivity index (χ4v) is 9.73. The lowest BCUT2D eigenvalue weighted by Crippen LogP contribution is -2.06. The fourth-order valence-electron chi connectivity index (χ4n) is 9.73. The molecule has 5 nitrogen and oxygen atoms in total. The quantitative estimate of drug-likeness (QED) is 0.174. The first-order valence-electron chi connectivity index (χ1n) is 21.0. The molecule has 0 spiro atoms. The van der Waals surface area contributed by atoms with Gasteiger partial charge < -0.3 is 4.57 Å². The van der Waals surface area contributed by atoms with Gasteiger partial charge in [0.1, 0.15) is 0 Å². The van der Waals surface area contributed by atoms with Crippen molar-refractivity contribution in [2.75, 3.05) is 0 Å². The summed E-state index contributed by atoms with van der Waals surface area (Å²) in [6, 6.07) is 75.8. The van der Waals surface area contributed by atoms with Gasteiger partial charge in [0, 0.05) is 38.1 Å². The number of nitrogens with zero attached hydrogens (tertiary/aromatic N) is 5. The summed E-state index contributed by atoms with van der Waals surface area (Å²) in [7, 11) is 0. The van der Waals surface area contributed by atoms with Crippen LogP contribution in [0.25, 0.3) is 121 Å². The molecule has 288 valence electrons. The molecule has 0 aliphatic carbocycles. The molecule has 5 heteroatoms. The second-order valence-electron chi connectivity index (χ2n) is 16.0. The highest BCUT2D eigenvalue weighted by Gasteiger charge is 2.21. The normalized spacial score (nSPS) is 11.9. The number of fused-ring (bicyclic) bond motifs is 9. The summed E-state index contributed by atoms with van der Waals surface area (Å²) in [5, 5.41) is 11.7. The largest absolute Gasteiger partial charge is 0.309 e. The molecule has 0 N–H and O–H groups in total. The highest BCUT2D eigenvalue weighted by atomic mass is 15.2. The molecule has 0 saturated heterocycles. The first-order chi connectivity index (χ1) is 30.7. The van der Waals surface area contributed by atoms with Crippen molar-refractivity contribution in [2.24, 2.45) is 0 Å². The van der Waals surface area contributed by atoms with Crippen LogP contribution in [-0.2, 0) is 0 Å². The van der Waals surface area contributed by atoms with Gasteiger partial charge in [-0.3, -0.25) is 4.57 Å². The number of aromatic nitrogens is 5. The minimum Gasteiger partial charge on any atom is -0.309 e. The standard InChI is InChI=1S/C57H35N5/c1-4-20-41-36(14-1)17-11-25-46(41)55-58-56(47-26-12-18-37-15-2-5-21-42(37)47)60-57(59-55)62-52-28-10-8-24-45(52)49-35-40(31-33-54(49)62)39-30-32-53-48(34-39)44-23-7-9-27-51(44)61(53)50-29-13-19-38-16-3-6-22-43(38)50/h1-35H. The monoisotopic (exact) mass is 789 g/mol. The lowest BCUT2D eigenvalue weighted by Gasteiger charge is -2.13. The van der Waals surface area contributed by atoms with Gasteiger partial charge in [0.25, 0.3) is 0 Å². The average molecular weight is 790 g/mol. The van der Waals surface area contributed by atoms with Crippen molar-refractivity contribution in [3.63, 3.8) is 0 Å². The van der Waals surface area contributed by atoms with Crippen molar-refractivity contribution in [1.82, 2.24) is 24.1 Å². The van der Waals surface area contributed by atoms with E-state index >= 15 is 0 Å². The third-order valence-electron chi connectivity index (χ3n) is 12.6. The van der Waals surface area contributed by atoms with Gasteiger partial charge in [0.05, 0.1) is 27.8 Å². The van der Waals surface area contributed by atoms with Crippen LogP contribution in [-0.4, -0.2) is 24.1 Å². The molecule has 0 fully saturated rings. The molecule has 0 amide bonds. The zero-order valence-corrected chi connectivity index (χ0v) is 33.4. The van der Waals surface area contributed by atoms with Gasteiger partial charge in [-0.05, 0) is 80.5 Å². The van der Waals surface area contributed by atoms with E-state index in [0.29, 0.717) is 17.6 Å². The summed E-state index contributed by atoms with van der Waals surface area (Å²) in [6.45, 7) is 0. The van der Waals surface area contributed by atoms with Crippen molar-refractivity contribution in [1.29, 1.82) is 0 Å². The fraction of sp³-hybridized carbons (Fsp3) is 0. The molecule has 13 aromatic rings. The van der Waals surface area contributed by atoms with E-state index in [9.17, 15) is 0 Å². The molecule has 13 rings (SSSR count). The van der Waals surface area contributed by atoms with E-state index in [4.69, 9.17) is 15.0 Å². The molecule has 3 aromatic heterocycles. The van der Waals surface area contributed by atoms with Crippen LogP contribution in [0.3, 0.4) is 0 Å². The van der Waals surface area contributed by atoms with E-state index in [0.717, 1.165) is 65.6 Å². The molecule has 0 bridgehead atoms. The van der Waals surface area contributed by atoms with Crippen LogP contribution >= 0.6 is 0 Å². The number of para-hydroxylation sites is 2. The zero-order chi connectivity index (χ0) is 40.7. The Bertz CT molecular complexity index is 3830. The SMILES string of the molecule is c1ccc2c(-c3nc(-c4cccc5ccccc45)nc(-n4c5ccccc5c5cc(-c6ccc7c(c6)c6ccccc6n7-c6cccc7ccccc67)ccc54)n3)cccc2c1. The van der Waals surface area contributed by atoms with Crippen LogP contribution in [0.15, 0.2) is 212 Å². The lowest BCUT2D eigenvalue weighted by atomic mass is 10.0. The average Bonchev–Trinajstić information content (AvgIpc) is 3.85. The van der Waals surface area contributed by atoms with Crippen LogP contribution in [0, 0.1) is 0 Å². The maximum absolute atomic E-state index is 5.33. The summed E-state index contributed by atoms with van der Waals surface area (Å²) in [4.78, 5) is 15.9. The Labute approximate surface area is 356 Å². The van der Waals surface area contributed by atoms with E-state index in [1.165, 1.54) is 38.3 Å². The molecule has 3 heterocycles. The van der Waals surface area contributed by atoms with E-state index in [-0.39, 0.29) is 0 Å². The molecule has 62 heavy (non-hydrogen) atoms. The molecule has 0 atom stereocenters. The number of rotatable bonds is 5. The van der Waals surface area contributed by atoms with Crippen molar-refractivity contribution in [3.8, 4) is 45.5 Å². The maximum Gasteiger partial charge on any atom is 0.238 e. The van der Waals surface area contributed by atoms with Gasteiger partial charge in [0.2, 0.25) is 5.95 Å². The van der Waals surface area contributed by atoms with E-state index in [1.807, 2.05) is 0 Å². The topological polar surface area (TPSA) is 48.5 Å². The number of benzene rings is 10. The Morgan fingerprint density at radius 1 is 0.274 bits per heavy atom. The van der Waals surface area contributed by atoms with Crippen LogP contribution in [0.4, 0.5) is 0 Å². The third kappa shape index (κ3) is 5.25. The van der Waals surface area contributed by atoms with Crippen LogP contribution in [0.5, 0.6) is 0 Å². The van der Waals surface area contributed by atoms with Gasteiger partial charge in [-0.2, -0.15) is 9.97 Å². The van der Waals surface area contributed by atoms with Crippen molar-refractivity contribution in [3.05, 3.63) is 212 Å².